The van der Waals surface area contributed by atoms with E-state index in [2.05, 4.69) is 20.8 Å². The third-order valence-electron chi connectivity index (χ3n) is 1.38. The topological polar surface area (TPSA) is 35.2 Å². The molecule has 0 rings (SSSR count). The highest BCUT2D eigenvalue weighted by atomic mass is 16.5. The summed E-state index contributed by atoms with van der Waals surface area (Å²) in [5, 5.41) is 0. The molecule has 0 saturated carbocycles. The van der Waals surface area contributed by atoms with E-state index in [0.717, 1.165) is 13.0 Å². The lowest BCUT2D eigenvalue weighted by Crippen LogP contribution is -2.23. The van der Waals surface area contributed by atoms with Crippen LogP contribution >= 0.6 is 0 Å². The van der Waals surface area contributed by atoms with Gasteiger partial charge in [-0.05, 0) is 18.8 Å². The fourth-order valence-corrected chi connectivity index (χ4v) is 0.648. The quantitative estimate of drug-likeness (QED) is 0.635. The van der Waals surface area contributed by atoms with Crippen LogP contribution in [0.3, 0.4) is 0 Å². The summed E-state index contributed by atoms with van der Waals surface area (Å²) in [5.74, 6) is 0. The van der Waals surface area contributed by atoms with Gasteiger partial charge in [0.15, 0.2) is 0 Å². The van der Waals surface area contributed by atoms with E-state index in [0.29, 0.717) is 12.0 Å². The monoisotopic (exact) mass is 159 g/mol. The minimum absolute atomic E-state index is 0.162. The van der Waals surface area contributed by atoms with Crippen LogP contribution < -0.4 is 5.73 Å². The molecule has 0 aliphatic rings. The molecule has 2 N–H and O–H groups in total. The van der Waals surface area contributed by atoms with Crippen molar-refractivity contribution in [2.45, 2.75) is 40.2 Å². The van der Waals surface area contributed by atoms with Gasteiger partial charge >= 0.3 is 0 Å². The lowest BCUT2D eigenvalue weighted by molar-refractivity contribution is 0.100. The number of ether oxygens (including phenoxy) is 1. The normalized spacial score (nSPS) is 15.0. The van der Waals surface area contributed by atoms with Crippen LogP contribution in [0, 0.1) is 5.41 Å². The van der Waals surface area contributed by atoms with Crippen LogP contribution in [-0.2, 0) is 4.74 Å². The fourth-order valence-electron chi connectivity index (χ4n) is 0.648. The highest BCUT2D eigenvalue weighted by Gasteiger charge is 2.09. The van der Waals surface area contributed by atoms with E-state index in [-0.39, 0.29) is 6.04 Å². The molecular weight excluding hydrogens is 138 g/mol. The van der Waals surface area contributed by atoms with Crippen LogP contribution in [0.1, 0.15) is 34.1 Å². The predicted octanol–water partition coefficient (Wildman–Crippen LogP) is 1.79. The molecule has 0 amide bonds. The summed E-state index contributed by atoms with van der Waals surface area (Å²) < 4.78 is 5.35. The van der Waals surface area contributed by atoms with Crippen molar-refractivity contribution in [2.24, 2.45) is 11.1 Å². The van der Waals surface area contributed by atoms with Gasteiger partial charge in [0.1, 0.15) is 0 Å². The SMILES string of the molecule is CC(N)COCCC(C)(C)C. The highest BCUT2D eigenvalue weighted by Crippen LogP contribution is 2.17. The highest BCUT2D eigenvalue weighted by molar-refractivity contribution is 4.60. The van der Waals surface area contributed by atoms with Crippen LogP contribution in [-0.4, -0.2) is 19.3 Å². The molecule has 0 aromatic rings. The van der Waals surface area contributed by atoms with Gasteiger partial charge in [-0.3, -0.25) is 0 Å². The summed E-state index contributed by atoms with van der Waals surface area (Å²) in [6, 6.07) is 0.162. The first kappa shape index (κ1) is 10.9. The van der Waals surface area contributed by atoms with Crippen molar-refractivity contribution in [3.8, 4) is 0 Å². The van der Waals surface area contributed by atoms with Crippen molar-refractivity contribution in [3.05, 3.63) is 0 Å². The van der Waals surface area contributed by atoms with Crippen LogP contribution in [0.4, 0.5) is 0 Å². The lowest BCUT2D eigenvalue weighted by atomic mass is 9.93. The number of hydrogen-bond acceptors (Lipinski definition) is 2. The molecule has 0 saturated heterocycles. The van der Waals surface area contributed by atoms with E-state index in [9.17, 15) is 0 Å². The summed E-state index contributed by atoms with van der Waals surface area (Å²) in [5.41, 5.74) is 5.89. The molecule has 2 heteroatoms. The summed E-state index contributed by atoms with van der Waals surface area (Å²) in [7, 11) is 0. The molecule has 0 spiro atoms. The summed E-state index contributed by atoms with van der Waals surface area (Å²) in [4.78, 5) is 0. The Bertz CT molecular complexity index is 94.2. The molecule has 0 heterocycles. The van der Waals surface area contributed by atoms with Crippen molar-refractivity contribution < 1.29 is 4.74 Å². The fraction of sp³-hybridized carbons (Fsp3) is 1.00. The summed E-state index contributed by atoms with van der Waals surface area (Å²) in [6.45, 7) is 10.1. The van der Waals surface area contributed by atoms with E-state index in [1.807, 2.05) is 6.92 Å². The standard InChI is InChI=1S/C9H21NO/c1-8(10)7-11-6-5-9(2,3)4/h8H,5-7,10H2,1-4H3. The molecule has 1 atom stereocenters. The van der Waals surface area contributed by atoms with E-state index < -0.39 is 0 Å². The molecular formula is C9H21NO. The zero-order chi connectivity index (χ0) is 8.91. The minimum atomic E-state index is 0.162. The molecule has 0 aromatic carbocycles. The van der Waals surface area contributed by atoms with Gasteiger partial charge in [0.25, 0.3) is 0 Å². The average molecular weight is 159 g/mol. The first-order valence-electron chi connectivity index (χ1n) is 4.25. The molecule has 0 radical (unpaired) electrons. The van der Waals surface area contributed by atoms with Crippen LogP contribution in [0.15, 0.2) is 0 Å². The predicted molar refractivity (Wildman–Crippen MR) is 48.5 cm³/mol. The zero-order valence-corrected chi connectivity index (χ0v) is 8.18. The number of nitrogens with two attached hydrogens (primary N) is 1. The molecule has 0 aromatic heterocycles. The Labute approximate surface area is 70.1 Å². The van der Waals surface area contributed by atoms with Gasteiger partial charge in [-0.15, -0.1) is 0 Å². The Morgan fingerprint density at radius 1 is 1.36 bits per heavy atom. The number of hydrogen-bond donors (Lipinski definition) is 1. The van der Waals surface area contributed by atoms with Crippen molar-refractivity contribution in [3.63, 3.8) is 0 Å². The Balaban J connectivity index is 3.15. The second kappa shape index (κ2) is 4.73. The van der Waals surface area contributed by atoms with E-state index in [1.54, 1.807) is 0 Å². The summed E-state index contributed by atoms with van der Waals surface area (Å²) in [6.07, 6.45) is 1.10. The van der Waals surface area contributed by atoms with Crippen LogP contribution in [0.5, 0.6) is 0 Å². The van der Waals surface area contributed by atoms with Gasteiger partial charge in [-0.25, -0.2) is 0 Å². The maximum absolute atomic E-state index is 5.52. The van der Waals surface area contributed by atoms with Gasteiger partial charge in [0, 0.05) is 12.6 Å². The minimum Gasteiger partial charge on any atom is -0.380 e. The molecule has 0 aliphatic carbocycles. The molecule has 68 valence electrons. The van der Waals surface area contributed by atoms with Crippen molar-refractivity contribution in [1.29, 1.82) is 0 Å². The van der Waals surface area contributed by atoms with Gasteiger partial charge in [0.2, 0.25) is 0 Å². The summed E-state index contributed by atoms with van der Waals surface area (Å²) >= 11 is 0. The van der Waals surface area contributed by atoms with Gasteiger partial charge in [-0.1, -0.05) is 20.8 Å². The maximum Gasteiger partial charge on any atom is 0.0614 e. The Hall–Kier alpha value is -0.0800. The van der Waals surface area contributed by atoms with E-state index >= 15 is 0 Å². The molecule has 11 heavy (non-hydrogen) atoms. The van der Waals surface area contributed by atoms with Crippen molar-refractivity contribution >= 4 is 0 Å². The second-order valence-corrected chi connectivity index (χ2v) is 4.36. The largest absolute Gasteiger partial charge is 0.380 e. The lowest BCUT2D eigenvalue weighted by Gasteiger charge is -2.18. The first-order chi connectivity index (χ1) is 4.92. The third kappa shape index (κ3) is 9.92. The van der Waals surface area contributed by atoms with E-state index in [1.165, 1.54) is 0 Å². The van der Waals surface area contributed by atoms with Gasteiger partial charge < -0.3 is 10.5 Å². The number of rotatable bonds is 4. The zero-order valence-electron chi connectivity index (χ0n) is 8.18. The molecule has 2 nitrogen and oxygen atoms in total. The van der Waals surface area contributed by atoms with E-state index in [4.69, 9.17) is 10.5 Å². The van der Waals surface area contributed by atoms with Crippen molar-refractivity contribution in [1.82, 2.24) is 0 Å². The molecule has 1 unspecified atom stereocenters. The average Bonchev–Trinajstić information content (AvgIpc) is 1.78. The maximum atomic E-state index is 5.52. The Morgan fingerprint density at radius 2 is 1.91 bits per heavy atom. The first-order valence-corrected chi connectivity index (χ1v) is 4.25. The van der Waals surface area contributed by atoms with Gasteiger partial charge in [0.05, 0.1) is 6.61 Å². The molecule has 0 aliphatic heterocycles. The smallest absolute Gasteiger partial charge is 0.0614 e. The van der Waals surface area contributed by atoms with Crippen molar-refractivity contribution in [2.75, 3.05) is 13.2 Å². The van der Waals surface area contributed by atoms with Gasteiger partial charge in [-0.2, -0.15) is 0 Å². The molecule has 0 fully saturated rings. The Morgan fingerprint density at radius 3 is 2.27 bits per heavy atom. The Kier molecular flexibility index (Phi) is 4.69. The molecule has 0 bridgehead atoms. The van der Waals surface area contributed by atoms with Crippen LogP contribution in [0.2, 0.25) is 0 Å². The third-order valence-corrected chi connectivity index (χ3v) is 1.38. The van der Waals surface area contributed by atoms with Crippen LogP contribution in [0.25, 0.3) is 0 Å². The second-order valence-electron chi connectivity index (χ2n) is 4.36.